The third-order valence-electron chi connectivity index (χ3n) is 3.72. The van der Waals surface area contributed by atoms with Gasteiger partial charge in [0.15, 0.2) is 0 Å². The highest BCUT2D eigenvalue weighted by molar-refractivity contribution is 5.77. The minimum Gasteiger partial charge on any atom is -0.466 e. The molecule has 1 rings (SSSR count). The van der Waals surface area contributed by atoms with Crippen LogP contribution in [0.4, 0.5) is 0 Å². The molecule has 0 aliphatic carbocycles. The highest BCUT2D eigenvalue weighted by Crippen LogP contribution is 2.32. The van der Waals surface area contributed by atoms with Crippen molar-refractivity contribution in [3.63, 3.8) is 0 Å². The minimum atomic E-state index is -0.621. The van der Waals surface area contributed by atoms with E-state index in [0.29, 0.717) is 25.5 Å². The van der Waals surface area contributed by atoms with Gasteiger partial charge in [0.2, 0.25) is 0 Å². The number of carbonyl (C=O) groups is 1. The Bertz CT molecular complexity index is 462. The lowest BCUT2D eigenvalue weighted by atomic mass is 9.75. The van der Waals surface area contributed by atoms with E-state index in [0.717, 1.165) is 12.0 Å². The molecule has 21 heavy (non-hydrogen) atoms. The Kier molecular flexibility index (Phi) is 6.41. The van der Waals surface area contributed by atoms with E-state index in [2.05, 4.69) is 45.9 Å². The van der Waals surface area contributed by atoms with Crippen molar-refractivity contribution in [3.05, 3.63) is 34.9 Å². The highest BCUT2D eigenvalue weighted by Gasteiger charge is 2.39. The standard InChI is InChI=1S/C18H29NO2/c1-6-21-17(20)18(12-19,10-13(2)3)11-16-8-14(4)7-15(5)9-16/h7-9,13H,6,10-12,19H2,1-5H3. The number of hydrogen-bond acceptors (Lipinski definition) is 3. The second kappa shape index (κ2) is 7.60. The number of hydrogen-bond donors (Lipinski definition) is 1. The first-order valence-corrected chi connectivity index (χ1v) is 7.77. The number of carbonyl (C=O) groups excluding carboxylic acids is 1. The van der Waals surface area contributed by atoms with Crippen molar-refractivity contribution >= 4 is 5.97 Å². The van der Waals surface area contributed by atoms with Crippen LogP contribution in [0.1, 0.15) is 43.9 Å². The number of esters is 1. The molecular weight excluding hydrogens is 262 g/mol. The lowest BCUT2D eigenvalue weighted by molar-refractivity contribution is -0.156. The quantitative estimate of drug-likeness (QED) is 0.783. The summed E-state index contributed by atoms with van der Waals surface area (Å²) < 4.78 is 5.31. The van der Waals surface area contributed by atoms with Gasteiger partial charge in [-0.15, -0.1) is 0 Å². The van der Waals surface area contributed by atoms with Gasteiger partial charge in [0, 0.05) is 6.54 Å². The molecule has 1 aromatic rings. The smallest absolute Gasteiger partial charge is 0.313 e. The summed E-state index contributed by atoms with van der Waals surface area (Å²) >= 11 is 0. The first kappa shape index (κ1) is 17.7. The highest BCUT2D eigenvalue weighted by atomic mass is 16.5. The Balaban J connectivity index is 3.13. The summed E-state index contributed by atoms with van der Waals surface area (Å²) in [6.07, 6.45) is 1.39. The van der Waals surface area contributed by atoms with Gasteiger partial charge in [-0.1, -0.05) is 43.2 Å². The molecule has 1 unspecified atom stereocenters. The fourth-order valence-electron chi connectivity index (χ4n) is 3.09. The summed E-state index contributed by atoms with van der Waals surface area (Å²) in [7, 11) is 0. The molecule has 0 spiro atoms. The molecular formula is C18H29NO2. The lowest BCUT2D eigenvalue weighted by Crippen LogP contribution is -2.43. The lowest BCUT2D eigenvalue weighted by Gasteiger charge is -2.32. The van der Waals surface area contributed by atoms with E-state index in [1.165, 1.54) is 11.1 Å². The van der Waals surface area contributed by atoms with Gasteiger partial charge >= 0.3 is 5.97 Å². The number of aryl methyl sites for hydroxylation is 2. The topological polar surface area (TPSA) is 52.3 Å². The molecule has 2 N–H and O–H groups in total. The molecule has 1 aromatic carbocycles. The summed E-state index contributed by atoms with van der Waals surface area (Å²) in [5, 5.41) is 0. The maximum Gasteiger partial charge on any atom is 0.313 e. The number of rotatable bonds is 7. The Morgan fingerprint density at radius 1 is 1.24 bits per heavy atom. The van der Waals surface area contributed by atoms with Crippen LogP contribution in [0.15, 0.2) is 18.2 Å². The van der Waals surface area contributed by atoms with Gasteiger partial charge in [-0.05, 0) is 45.1 Å². The van der Waals surface area contributed by atoms with Gasteiger partial charge < -0.3 is 10.5 Å². The SMILES string of the molecule is CCOC(=O)C(CN)(Cc1cc(C)cc(C)c1)CC(C)C. The largest absolute Gasteiger partial charge is 0.466 e. The van der Waals surface area contributed by atoms with E-state index >= 15 is 0 Å². The van der Waals surface area contributed by atoms with Crippen LogP contribution in [-0.4, -0.2) is 19.1 Å². The molecule has 0 radical (unpaired) electrons. The third-order valence-corrected chi connectivity index (χ3v) is 3.72. The van der Waals surface area contributed by atoms with Crippen molar-refractivity contribution < 1.29 is 9.53 Å². The Morgan fingerprint density at radius 2 is 1.81 bits per heavy atom. The molecule has 0 saturated carbocycles. The van der Waals surface area contributed by atoms with Crippen LogP contribution in [0.25, 0.3) is 0 Å². The van der Waals surface area contributed by atoms with Crippen molar-refractivity contribution in [2.24, 2.45) is 17.1 Å². The van der Waals surface area contributed by atoms with Crippen LogP contribution in [-0.2, 0) is 16.0 Å². The fourth-order valence-corrected chi connectivity index (χ4v) is 3.09. The third kappa shape index (κ3) is 4.85. The van der Waals surface area contributed by atoms with Crippen LogP contribution >= 0.6 is 0 Å². The molecule has 0 amide bonds. The fraction of sp³-hybridized carbons (Fsp3) is 0.611. The predicted octanol–water partition coefficient (Wildman–Crippen LogP) is 3.40. The molecule has 0 aliphatic heterocycles. The van der Waals surface area contributed by atoms with E-state index in [1.807, 2.05) is 6.92 Å². The first-order valence-electron chi connectivity index (χ1n) is 7.77. The van der Waals surface area contributed by atoms with Crippen molar-refractivity contribution in [1.82, 2.24) is 0 Å². The zero-order valence-corrected chi connectivity index (χ0v) is 14.0. The summed E-state index contributed by atoms with van der Waals surface area (Å²) in [6.45, 7) is 10.9. The van der Waals surface area contributed by atoms with Crippen LogP contribution in [0.2, 0.25) is 0 Å². The van der Waals surface area contributed by atoms with Crippen molar-refractivity contribution in [2.75, 3.05) is 13.2 Å². The average Bonchev–Trinajstić information content (AvgIpc) is 2.36. The van der Waals surface area contributed by atoms with Gasteiger partial charge in [0.25, 0.3) is 0 Å². The average molecular weight is 291 g/mol. The summed E-state index contributed by atoms with van der Waals surface area (Å²) in [5.74, 6) is 0.226. The van der Waals surface area contributed by atoms with Crippen LogP contribution in [0, 0.1) is 25.2 Å². The van der Waals surface area contributed by atoms with Crippen LogP contribution in [0.3, 0.4) is 0 Å². The number of nitrogens with two attached hydrogens (primary N) is 1. The number of ether oxygens (including phenoxy) is 1. The zero-order chi connectivity index (χ0) is 16.0. The van der Waals surface area contributed by atoms with E-state index in [-0.39, 0.29) is 5.97 Å². The Morgan fingerprint density at radius 3 is 2.24 bits per heavy atom. The van der Waals surface area contributed by atoms with E-state index in [9.17, 15) is 4.79 Å². The molecule has 3 heteroatoms. The van der Waals surface area contributed by atoms with Gasteiger partial charge in [0.1, 0.15) is 0 Å². The van der Waals surface area contributed by atoms with E-state index < -0.39 is 5.41 Å². The van der Waals surface area contributed by atoms with Gasteiger partial charge in [-0.3, -0.25) is 4.79 Å². The molecule has 0 saturated heterocycles. The molecule has 0 aliphatic rings. The second-order valence-electron chi connectivity index (χ2n) is 6.48. The minimum absolute atomic E-state index is 0.166. The number of benzene rings is 1. The zero-order valence-electron chi connectivity index (χ0n) is 14.0. The van der Waals surface area contributed by atoms with Crippen LogP contribution < -0.4 is 5.73 Å². The molecule has 0 fully saturated rings. The van der Waals surface area contributed by atoms with Gasteiger partial charge in [-0.25, -0.2) is 0 Å². The monoisotopic (exact) mass is 291 g/mol. The molecule has 3 nitrogen and oxygen atoms in total. The van der Waals surface area contributed by atoms with E-state index in [1.54, 1.807) is 0 Å². The normalized spacial score (nSPS) is 14.0. The van der Waals surface area contributed by atoms with Crippen LogP contribution in [0.5, 0.6) is 0 Å². The maximum absolute atomic E-state index is 12.5. The van der Waals surface area contributed by atoms with Crippen molar-refractivity contribution in [1.29, 1.82) is 0 Å². The van der Waals surface area contributed by atoms with Crippen molar-refractivity contribution in [2.45, 2.75) is 47.5 Å². The molecule has 0 heterocycles. The summed E-state index contributed by atoms with van der Waals surface area (Å²) in [5.41, 5.74) is 8.97. The predicted molar refractivity (Wildman–Crippen MR) is 87.2 cm³/mol. The van der Waals surface area contributed by atoms with Crippen molar-refractivity contribution in [3.8, 4) is 0 Å². The van der Waals surface area contributed by atoms with Gasteiger partial charge in [0.05, 0.1) is 12.0 Å². The molecule has 118 valence electrons. The second-order valence-corrected chi connectivity index (χ2v) is 6.48. The summed E-state index contributed by atoms with van der Waals surface area (Å²) in [4.78, 5) is 12.5. The Labute approximate surface area is 128 Å². The molecule has 0 aromatic heterocycles. The van der Waals surface area contributed by atoms with E-state index in [4.69, 9.17) is 10.5 Å². The maximum atomic E-state index is 12.5. The first-order chi connectivity index (χ1) is 9.82. The molecule has 0 bridgehead atoms. The Hall–Kier alpha value is -1.35. The summed E-state index contributed by atoms with van der Waals surface area (Å²) in [6, 6.07) is 6.41. The molecule has 1 atom stereocenters. The van der Waals surface area contributed by atoms with Gasteiger partial charge in [-0.2, -0.15) is 0 Å².